The highest BCUT2D eigenvalue weighted by Crippen LogP contribution is 2.18. The summed E-state index contributed by atoms with van der Waals surface area (Å²) in [5, 5.41) is 3.28. The van der Waals surface area contributed by atoms with E-state index in [1.165, 1.54) is 0 Å². The third-order valence-corrected chi connectivity index (χ3v) is 2.17. The van der Waals surface area contributed by atoms with E-state index in [0.29, 0.717) is 5.41 Å². The Hall–Kier alpha value is -0.120. The molecule has 92 valence electrons. The predicted molar refractivity (Wildman–Crippen MR) is 64.2 cm³/mol. The molecule has 0 bridgehead atoms. The van der Waals surface area contributed by atoms with Gasteiger partial charge in [-0.2, -0.15) is 0 Å². The lowest BCUT2D eigenvalue weighted by Gasteiger charge is -2.20. The van der Waals surface area contributed by atoms with Gasteiger partial charge in [0.1, 0.15) is 0 Å². The Morgan fingerprint density at radius 2 is 1.87 bits per heavy atom. The molecule has 0 heterocycles. The smallest absolute Gasteiger partial charge is 0.0671 e. The summed E-state index contributed by atoms with van der Waals surface area (Å²) in [4.78, 5) is 0. The van der Waals surface area contributed by atoms with E-state index in [2.05, 4.69) is 33.0 Å². The Balaban J connectivity index is 3.29. The second-order valence-electron chi connectivity index (χ2n) is 5.19. The van der Waals surface area contributed by atoms with Crippen LogP contribution in [0.15, 0.2) is 0 Å². The van der Waals surface area contributed by atoms with Crippen molar-refractivity contribution in [2.45, 2.75) is 40.2 Å². The van der Waals surface area contributed by atoms with Crippen molar-refractivity contribution in [3.8, 4) is 0 Å². The van der Waals surface area contributed by atoms with Gasteiger partial charge in [0.2, 0.25) is 0 Å². The lowest BCUT2D eigenvalue weighted by molar-refractivity contribution is 0.0482. The van der Waals surface area contributed by atoms with Gasteiger partial charge in [-0.1, -0.05) is 20.8 Å². The maximum absolute atomic E-state index is 5.69. The normalized spacial score (nSPS) is 14.2. The molecule has 0 amide bonds. The molecular weight excluding hydrogens is 190 g/mol. The van der Waals surface area contributed by atoms with E-state index in [1.54, 1.807) is 7.11 Å². The molecule has 0 fully saturated rings. The van der Waals surface area contributed by atoms with Crippen molar-refractivity contribution < 1.29 is 9.47 Å². The monoisotopic (exact) mass is 217 g/mol. The molecule has 0 aliphatic heterocycles. The first kappa shape index (κ1) is 14.9. The summed E-state index contributed by atoms with van der Waals surface area (Å²) in [7, 11) is 1.71. The van der Waals surface area contributed by atoms with Crippen LogP contribution in [-0.2, 0) is 9.47 Å². The van der Waals surface area contributed by atoms with Crippen LogP contribution in [0.1, 0.15) is 34.1 Å². The second-order valence-corrected chi connectivity index (χ2v) is 5.19. The molecule has 0 aliphatic rings. The van der Waals surface area contributed by atoms with Gasteiger partial charge < -0.3 is 14.8 Å². The van der Waals surface area contributed by atoms with E-state index in [9.17, 15) is 0 Å². The van der Waals surface area contributed by atoms with Crippen LogP contribution in [0.3, 0.4) is 0 Å². The Labute approximate surface area is 94.5 Å². The first-order chi connectivity index (χ1) is 6.95. The predicted octanol–water partition coefficient (Wildman–Crippen LogP) is 2.06. The molecule has 0 rings (SSSR count). The molecule has 0 aromatic heterocycles. The van der Waals surface area contributed by atoms with Gasteiger partial charge in [0.05, 0.1) is 12.7 Å². The average molecular weight is 217 g/mol. The van der Waals surface area contributed by atoms with E-state index in [0.717, 1.165) is 32.7 Å². The van der Waals surface area contributed by atoms with Crippen molar-refractivity contribution in [2.24, 2.45) is 5.41 Å². The van der Waals surface area contributed by atoms with E-state index < -0.39 is 0 Å². The highest BCUT2D eigenvalue weighted by molar-refractivity contribution is 4.61. The SMILES string of the molecule is COCCNCC(C)OCCC(C)(C)C. The minimum atomic E-state index is 0.282. The molecule has 1 atom stereocenters. The quantitative estimate of drug-likeness (QED) is 0.631. The van der Waals surface area contributed by atoms with Crippen LogP contribution in [-0.4, -0.2) is 39.5 Å². The lowest BCUT2D eigenvalue weighted by atomic mass is 9.93. The van der Waals surface area contributed by atoms with E-state index >= 15 is 0 Å². The van der Waals surface area contributed by atoms with Gasteiger partial charge in [0.25, 0.3) is 0 Å². The Morgan fingerprint density at radius 3 is 2.40 bits per heavy atom. The molecule has 3 heteroatoms. The number of nitrogens with one attached hydrogen (secondary N) is 1. The number of hydrogen-bond acceptors (Lipinski definition) is 3. The van der Waals surface area contributed by atoms with Gasteiger partial charge in [-0.25, -0.2) is 0 Å². The topological polar surface area (TPSA) is 30.5 Å². The van der Waals surface area contributed by atoms with E-state index in [-0.39, 0.29) is 6.10 Å². The standard InChI is InChI=1S/C12H27NO2/c1-11(10-13-7-9-14-5)15-8-6-12(2,3)4/h11,13H,6-10H2,1-5H3. The number of methoxy groups -OCH3 is 1. The number of rotatable bonds is 8. The van der Waals surface area contributed by atoms with Crippen LogP contribution in [0.25, 0.3) is 0 Å². The fourth-order valence-corrected chi connectivity index (χ4v) is 1.10. The summed E-state index contributed by atoms with van der Waals surface area (Å²) in [5.41, 5.74) is 0.364. The first-order valence-corrected chi connectivity index (χ1v) is 5.77. The van der Waals surface area contributed by atoms with Gasteiger partial charge in [0, 0.05) is 26.8 Å². The van der Waals surface area contributed by atoms with Gasteiger partial charge in [-0.05, 0) is 18.8 Å². The summed E-state index contributed by atoms with van der Waals surface area (Å²) >= 11 is 0. The molecule has 0 radical (unpaired) electrons. The Bertz CT molecular complexity index is 143. The van der Waals surface area contributed by atoms with Gasteiger partial charge in [0.15, 0.2) is 0 Å². The van der Waals surface area contributed by atoms with Crippen LogP contribution in [0.2, 0.25) is 0 Å². The lowest BCUT2D eigenvalue weighted by Crippen LogP contribution is -2.30. The summed E-state index contributed by atoms with van der Waals surface area (Å²) in [5.74, 6) is 0. The Kier molecular flexibility index (Phi) is 8.02. The van der Waals surface area contributed by atoms with Gasteiger partial charge in [-0.15, -0.1) is 0 Å². The summed E-state index contributed by atoms with van der Waals surface area (Å²) in [6.45, 7) is 12.2. The molecular formula is C12H27NO2. The first-order valence-electron chi connectivity index (χ1n) is 5.77. The number of hydrogen-bond donors (Lipinski definition) is 1. The molecule has 3 nitrogen and oxygen atoms in total. The molecule has 0 saturated carbocycles. The zero-order valence-electron chi connectivity index (χ0n) is 10.9. The molecule has 15 heavy (non-hydrogen) atoms. The zero-order chi connectivity index (χ0) is 11.7. The molecule has 0 aromatic carbocycles. The van der Waals surface area contributed by atoms with Crippen LogP contribution >= 0.6 is 0 Å². The average Bonchev–Trinajstić information content (AvgIpc) is 2.10. The number of ether oxygens (including phenoxy) is 2. The fourth-order valence-electron chi connectivity index (χ4n) is 1.10. The molecule has 0 saturated heterocycles. The largest absolute Gasteiger partial charge is 0.383 e. The molecule has 0 aliphatic carbocycles. The van der Waals surface area contributed by atoms with Crippen molar-refractivity contribution in [3.63, 3.8) is 0 Å². The fraction of sp³-hybridized carbons (Fsp3) is 1.00. The molecule has 0 spiro atoms. The maximum Gasteiger partial charge on any atom is 0.0671 e. The van der Waals surface area contributed by atoms with E-state index in [4.69, 9.17) is 9.47 Å². The zero-order valence-corrected chi connectivity index (χ0v) is 10.9. The van der Waals surface area contributed by atoms with Crippen molar-refractivity contribution >= 4 is 0 Å². The van der Waals surface area contributed by atoms with Crippen LogP contribution in [0.5, 0.6) is 0 Å². The van der Waals surface area contributed by atoms with Gasteiger partial charge >= 0.3 is 0 Å². The Morgan fingerprint density at radius 1 is 1.20 bits per heavy atom. The minimum absolute atomic E-state index is 0.282. The molecule has 1 unspecified atom stereocenters. The highest BCUT2D eigenvalue weighted by Gasteiger charge is 2.10. The molecule has 0 aromatic rings. The van der Waals surface area contributed by atoms with Crippen molar-refractivity contribution in [1.29, 1.82) is 0 Å². The highest BCUT2D eigenvalue weighted by atomic mass is 16.5. The maximum atomic E-state index is 5.69. The summed E-state index contributed by atoms with van der Waals surface area (Å²) in [6, 6.07) is 0. The van der Waals surface area contributed by atoms with Crippen LogP contribution < -0.4 is 5.32 Å². The van der Waals surface area contributed by atoms with Crippen molar-refractivity contribution in [3.05, 3.63) is 0 Å². The van der Waals surface area contributed by atoms with Crippen molar-refractivity contribution in [1.82, 2.24) is 5.32 Å². The van der Waals surface area contributed by atoms with E-state index in [1.807, 2.05) is 0 Å². The van der Waals surface area contributed by atoms with Crippen LogP contribution in [0.4, 0.5) is 0 Å². The van der Waals surface area contributed by atoms with Crippen LogP contribution in [0, 0.1) is 5.41 Å². The third-order valence-electron chi connectivity index (χ3n) is 2.17. The van der Waals surface area contributed by atoms with Crippen molar-refractivity contribution in [2.75, 3.05) is 33.4 Å². The van der Waals surface area contributed by atoms with Gasteiger partial charge in [-0.3, -0.25) is 0 Å². The third kappa shape index (κ3) is 11.8. The summed E-state index contributed by atoms with van der Waals surface area (Å²) < 4.78 is 10.6. The molecule has 1 N–H and O–H groups in total. The summed E-state index contributed by atoms with van der Waals surface area (Å²) in [6.07, 6.45) is 1.39. The minimum Gasteiger partial charge on any atom is -0.383 e. The second kappa shape index (κ2) is 8.08.